The van der Waals surface area contributed by atoms with E-state index in [0.29, 0.717) is 9.52 Å². The van der Waals surface area contributed by atoms with Crippen LogP contribution in [0, 0.1) is 0 Å². The summed E-state index contributed by atoms with van der Waals surface area (Å²) in [6, 6.07) is 56.7. The lowest BCUT2D eigenvalue weighted by Gasteiger charge is -2.35. The summed E-state index contributed by atoms with van der Waals surface area (Å²) in [5, 5.41) is 10.1. The van der Waals surface area contributed by atoms with Gasteiger partial charge in [0.05, 0.1) is 34.1 Å². The van der Waals surface area contributed by atoms with E-state index in [-0.39, 0.29) is 0 Å². The Kier molecular flexibility index (Phi) is 5.35. The largest absolute Gasteiger partial charge is 0.453 e. The zero-order valence-electron chi connectivity index (χ0n) is 27.2. The van der Waals surface area contributed by atoms with Gasteiger partial charge in [-0.25, -0.2) is 0 Å². The van der Waals surface area contributed by atoms with Crippen molar-refractivity contribution < 1.29 is 9.47 Å². The van der Waals surface area contributed by atoms with E-state index in [1.807, 2.05) is 24.3 Å². The highest BCUT2D eigenvalue weighted by atomic mass is 28.2. The fourth-order valence-electron chi connectivity index (χ4n) is 8.48. The maximum atomic E-state index is 6.68. The van der Waals surface area contributed by atoms with Gasteiger partial charge in [0.15, 0.2) is 23.0 Å². The molecule has 0 unspecified atom stereocenters. The molecule has 3 heterocycles. The minimum Gasteiger partial charge on any atom is -0.453 e. The lowest BCUT2D eigenvalue weighted by atomic mass is 9.91. The quantitative estimate of drug-likeness (QED) is 0.135. The Hall–Kier alpha value is -6.56. The molecule has 0 atom stereocenters. The molecule has 51 heavy (non-hydrogen) atoms. The molecular weight excluding hydrogens is 641 g/mol. The van der Waals surface area contributed by atoms with Crippen molar-refractivity contribution in [2.24, 2.45) is 0 Å². The summed E-state index contributed by atoms with van der Waals surface area (Å²) in [6.45, 7) is 0. The fraction of sp³-hybridized carbons (Fsp3) is 0. The molecule has 0 aliphatic carbocycles. The van der Waals surface area contributed by atoms with Gasteiger partial charge >= 0.3 is 0 Å². The lowest BCUT2D eigenvalue weighted by Crippen LogP contribution is -2.23. The van der Waals surface area contributed by atoms with Gasteiger partial charge in [0.25, 0.3) is 0 Å². The zero-order valence-corrected chi connectivity index (χ0v) is 28.2. The van der Waals surface area contributed by atoms with Gasteiger partial charge in [-0.05, 0) is 98.5 Å². The predicted octanol–water partition coefficient (Wildman–Crippen LogP) is 11.4. The van der Waals surface area contributed by atoms with Crippen LogP contribution in [0.15, 0.2) is 158 Å². The Labute approximate surface area is 296 Å². The molecule has 3 aliphatic rings. The molecule has 0 saturated carbocycles. The number of fused-ring (bicyclic) bond motifs is 7. The third-order valence-corrected chi connectivity index (χ3v) is 12.1. The fourth-order valence-corrected chi connectivity index (χ4v) is 9.86. The second-order valence-corrected chi connectivity index (χ2v) is 14.7. The predicted molar refractivity (Wildman–Crippen MR) is 210 cm³/mol. The molecule has 9 aromatic rings. The zero-order chi connectivity index (χ0) is 33.2. The Morgan fingerprint density at radius 2 is 0.843 bits per heavy atom. The molecule has 3 aliphatic heterocycles. The Morgan fingerprint density at radius 3 is 1.45 bits per heavy atom. The van der Waals surface area contributed by atoms with Crippen LogP contribution in [0.25, 0.3) is 43.4 Å². The van der Waals surface area contributed by atoms with E-state index in [1.165, 1.54) is 53.8 Å². The molecule has 0 bridgehead atoms. The molecule has 5 heteroatoms. The van der Waals surface area contributed by atoms with Crippen molar-refractivity contribution in [3.63, 3.8) is 0 Å². The third kappa shape index (κ3) is 3.73. The van der Waals surface area contributed by atoms with Crippen molar-refractivity contribution in [2.45, 2.75) is 0 Å². The summed E-state index contributed by atoms with van der Waals surface area (Å²) in [6.07, 6.45) is 0. The van der Waals surface area contributed by atoms with Crippen molar-refractivity contribution in [2.75, 3.05) is 9.80 Å². The van der Waals surface area contributed by atoms with Crippen LogP contribution in [-0.2, 0) is 0 Å². The molecule has 4 nitrogen and oxygen atoms in total. The van der Waals surface area contributed by atoms with Crippen molar-refractivity contribution in [1.82, 2.24) is 0 Å². The van der Waals surface area contributed by atoms with Gasteiger partial charge in [-0.1, -0.05) is 102 Å². The molecule has 236 valence electrons. The van der Waals surface area contributed by atoms with Gasteiger partial charge in [-0.3, -0.25) is 0 Å². The number of benzene rings is 9. The van der Waals surface area contributed by atoms with Gasteiger partial charge < -0.3 is 19.3 Å². The molecule has 0 saturated heterocycles. The molecule has 0 aromatic heterocycles. The van der Waals surface area contributed by atoms with Crippen molar-refractivity contribution in [3.05, 3.63) is 158 Å². The van der Waals surface area contributed by atoms with Gasteiger partial charge in [0.1, 0.15) is 9.52 Å². The second kappa shape index (κ2) is 10.0. The number of ether oxygens (including phenoxy) is 2. The van der Waals surface area contributed by atoms with E-state index in [2.05, 4.69) is 143 Å². The van der Waals surface area contributed by atoms with Crippen LogP contribution in [0.2, 0.25) is 0 Å². The number of rotatable bonds is 2. The summed E-state index contributed by atoms with van der Waals surface area (Å²) in [4.78, 5) is 4.78. The summed E-state index contributed by atoms with van der Waals surface area (Å²) < 4.78 is 13.1. The highest BCUT2D eigenvalue weighted by molar-refractivity contribution is 6.73. The maximum Gasteiger partial charge on any atom is 0.152 e. The third-order valence-electron chi connectivity index (χ3n) is 10.7. The van der Waals surface area contributed by atoms with Gasteiger partial charge in [0.2, 0.25) is 0 Å². The molecule has 2 radical (unpaired) electrons. The van der Waals surface area contributed by atoms with E-state index in [0.717, 1.165) is 57.1 Å². The number of para-hydroxylation sites is 6. The van der Waals surface area contributed by atoms with Crippen LogP contribution in [0.3, 0.4) is 0 Å². The maximum absolute atomic E-state index is 6.68. The second-order valence-electron chi connectivity index (χ2n) is 13.4. The van der Waals surface area contributed by atoms with Crippen LogP contribution in [0.4, 0.5) is 34.1 Å². The summed E-state index contributed by atoms with van der Waals surface area (Å²) >= 11 is 0. The number of nitrogens with zero attached hydrogens (tertiary/aromatic N) is 2. The van der Waals surface area contributed by atoms with E-state index in [4.69, 9.17) is 9.47 Å². The highest BCUT2D eigenvalue weighted by Crippen LogP contribution is 2.55. The first-order chi connectivity index (χ1) is 25.3. The number of hydrogen-bond acceptors (Lipinski definition) is 4. The molecule has 0 fully saturated rings. The molecule has 9 aromatic carbocycles. The Balaban J connectivity index is 1.11. The summed E-state index contributed by atoms with van der Waals surface area (Å²) in [5.41, 5.74) is 9.03. The molecule has 0 amide bonds. The van der Waals surface area contributed by atoms with Crippen molar-refractivity contribution in [3.8, 4) is 34.1 Å². The van der Waals surface area contributed by atoms with Crippen LogP contribution in [0.1, 0.15) is 0 Å². The highest BCUT2D eigenvalue weighted by Gasteiger charge is 2.32. The summed E-state index contributed by atoms with van der Waals surface area (Å²) in [7, 11) is 0.616. The molecule has 0 spiro atoms. The normalized spacial score (nSPS) is 13.6. The first-order valence-electron chi connectivity index (χ1n) is 17.3. The average molecular weight is 667 g/mol. The topological polar surface area (TPSA) is 24.9 Å². The first kappa shape index (κ1) is 27.3. The van der Waals surface area contributed by atoms with Gasteiger partial charge in [-0.2, -0.15) is 0 Å². The van der Waals surface area contributed by atoms with Crippen LogP contribution in [0.5, 0.6) is 23.0 Å². The molecule has 0 N–H and O–H groups in total. The van der Waals surface area contributed by atoms with Crippen molar-refractivity contribution in [1.29, 1.82) is 0 Å². The van der Waals surface area contributed by atoms with Crippen molar-refractivity contribution >= 4 is 86.3 Å². The Morgan fingerprint density at radius 1 is 0.353 bits per heavy atom. The van der Waals surface area contributed by atoms with E-state index in [9.17, 15) is 0 Å². The molecule has 12 rings (SSSR count). The SMILES string of the molecule is c1ccc2c(c1)Oc1ccccc1N2c1ccc2ccc3c(N4c5ccccc5Oc5cc6c(cc54)[Si]c4ccccc4-6)ccc4ccc1c2c43. The standard InChI is InChI=1S/C46H26N2O2Si/c1-8-16-43-29(9-1)32-25-42-38(26-44(32)51-43)48(37-12-4-7-15-41(37)50-42)34-24-20-28-17-21-30-33(23-19-27-18-22-31(34)46(28)45(27)30)47-35-10-2-5-13-39(35)49-40-14-6-3-11-36(40)47/h1-26H. The lowest BCUT2D eigenvalue weighted by molar-refractivity contribution is 0.477. The van der Waals surface area contributed by atoms with E-state index < -0.39 is 0 Å². The van der Waals surface area contributed by atoms with Gasteiger partial charge in [-0.15, -0.1) is 0 Å². The average Bonchev–Trinajstić information content (AvgIpc) is 3.54. The Bertz CT molecular complexity index is 2890. The summed E-state index contributed by atoms with van der Waals surface area (Å²) in [5.74, 6) is 3.44. The van der Waals surface area contributed by atoms with E-state index >= 15 is 0 Å². The number of anilines is 6. The minimum absolute atomic E-state index is 0.616. The smallest absolute Gasteiger partial charge is 0.152 e. The minimum atomic E-state index is 0.616. The van der Waals surface area contributed by atoms with Gasteiger partial charge in [0, 0.05) is 10.8 Å². The first-order valence-corrected chi connectivity index (χ1v) is 18.3. The molecular formula is C46H26N2O2Si. The number of hydrogen-bond donors (Lipinski definition) is 0. The van der Waals surface area contributed by atoms with Crippen LogP contribution < -0.4 is 29.6 Å². The van der Waals surface area contributed by atoms with E-state index in [1.54, 1.807) is 0 Å². The van der Waals surface area contributed by atoms with Crippen LogP contribution >= 0.6 is 0 Å². The van der Waals surface area contributed by atoms with Crippen LogP contribution in [-0.4, -0.2) is 9.52 Å². The monoisotopic (exact) mass is 666 g/mol.